The number of allylic oxidation sites excluding steroid dienone is 1. The van der Waals surface area contributed by atoms with E-state index < -0.39 is 12.1 Å². The van der Waals surface area contributed by atoms with E-state index in [9.17, 15) is 14.7 Å². The van der Waals surface area contributed by atoms with Crippen LogP contribution in [-0.2, 0) is 20.7 Å². The van der Waals surface area contributed by atoms with Gasteiger partial charge in [0, 0.05) is 5.92 Å². The molecule has 1 N–H and O–H groups in total. The van der Waals surface area contributed by atoms with Gasteiger partial charge in [0.25, 0.3) is 0 Å². The van der Waals surface area contributed by atoms with Crippen LogP contribution in [0.1, 0.15) is 51.0 Å². The number of carbonyl (C=O) groups excluding carboxylic acids is 2. The van der Waals surface area contributed by atoms with Crippen molar-refractivity contribution in [2.45, 2.75) is 58.0 Å². The van der Waals surface area contributed by atoms with Gasteiger partial charge in [0.1, 0.15) is 11.3 Å². The average molecular weight is 342 g/mol. The van der Waals surface area contributed by atoms with Gasteiger partial charge in [0.2, 0.25) is 5.78 Å². The summed E-state index contributed by atoms with van der Waals surface area (Å²) in [7, 11) is 0. The lowest BCUT2D eigenvalue weighted by Crippen LogP contribution is -2.22. The largest absolute Gasteiger partial charge is 0.511 e. The van der Waals surface area contributed by atoms with E-state index >= 15 is 0 Å². The van der Waals surface area contributed by atoms with Crippen molar-refractivity contribution in [2.75, 3.05) is 0 Å². The van der Waals surface area contributed by atoms with Crippen molar-refractivity contribution in [1.82, 2.24) is 0 Å². The highest BCUT2D eigenvalue weighted by Crippen LogP contribution is 2.32. The zero-order valence-corrected chi connectivity index (χ0v) is 14.7. The smallest absolute Gasteiger partial charge is 0.346 e. The van der Waals surface area contributed by atoms with Crippen LogP contribution >= 0.6 is 0 Å². The highest BCUT2D eigenvalue weighted by Gasteiger charge is 2.42. The van der Waals surface area contributed by atoms with E-state index in [2.05, 4.69) is 0 Å². The fourth-order valence-electron chi connectivity index (χ4n) is 3.93. The maximum atomic E-state index is 12.6. The van der Waals surface area contributed by atoms with Gasteiger partial charge in [0.05, 0.1) is 0 Å². The van der Waals surface area contributed by atoms with Gasteiger partial charge in [-0.2, -0.15) is 0 Å². The Balaban J connectivity index is 1.70. The summed E-state index contributed by atoms with van der Waals surface area (Å²) in [6.45, 7) is 1.82. The predicted octanol–water partition coefficient (Wildman–Crippen LogP) is 4.14. The maximum Gasteiger partial charge on any atom is 0.346 e. The molecule has 4 heteroatoms. The van der Waals surface area contributed by atoms with Crippen LogP contribution in [0.2, 0.25) is 0 Å². The van der Waals surface area contributed by atoms with Crippen molar-refractivity contribution in [1.29, 1.82) is 0 Å². The van der Waals surface area contributed by atoms with Crippen LogP contribution in [-0.4, -0.2) is 23.0 Å². The third-order valence-electron chi connectivity index (χ3n) is 5.37. The predicted molar refractivity (Wildman–Crippen MR) is 95.0 cm³/mol. The molecule has 2 aliphatic rings. The maximum absolute atomic E-state index is 12.6. The highest BCUT2D eigenvalue weighted by atomic mass is 16.6. The summed E-state index contributed by atoms with van der Waals surface area (Å²) in [5.74, 6) is -0.998. The van der Waals surface area contributed by atoms with Gasteiger partial charge in [-0.25, -0.2) is 4.79 Å². The number of benzene rings is 1. The first-order chi connectivity index (χ1) is 12.1. The number of esters is 1. The molecule has 0 radical (unpaired) electrons. The molecule has 0 amide bonds. The molecule has 134 valence electrons. The summed E-state index contributed by atoms with van der Waals surface area (Å²) in [6.07, 6.45) is 6.25. The molecule has 1 aliphatic carbocycles. The van der Waals surface area contributed by atoms with Crippen molar-refractivity contribution < 1.29 is 19.4 Å². The number of rotatable bonds is 5. The number of hydrogen-bond acceptors (Lipinski definition) is 4. The second-order valence-electron chi connectivity index (χ2n) is 7.35. The summed E-state index contributed by atoms with van der Waals surface area (Å²) >= 11 is 0. The number of ketones is 1. The van der Waals surface area contributed by atoms with Gasteiger partial charge in [-0.1, -0.05) is 69.4 Å². The Bertz CT molecular complexity index is 656. The first-order valence-corrected chi connectivity index (χ1v) is 9.28. The van der Waals surface area contributed by atoms with E-state index in [0.717, 1.165) is 18.4 Å². The number of Topliss-reactive ketones (excluding diaryl/α,β-unsaturated/α-hetero) is 1. The van der Waals surface area contributed by atoms with Gasteiger partial charge in [0.15, 0.2) is 6.10 Å². The lowest BCUT2D eigenvalue weighted by atomic mass is 9.84. The third-order valence-corrected chi connectivity index (χ3v) is 5.37. The third kappa shape index (κ3) is 4.12. The average Bonchev–Trinajstić information content (AvgIpc) is 2.89. The van der Waals surface area contributed by atoms with Crippen molar-refractivity contribution in [3.05, 3.63) is 47.2 Å². The van der Waals surface area contributed by atoms with Crippen LogP contribution < -0.4 is 0 Å². The van der Waals surface area contributed by atoms with Gasteiger partial charge in [-0.15, -0.1) is 0 Å². The number of ether oxygens (including phenoxy) is 1. The van der Waals surface area contributed by atoms with E-state index in [1.807, 2.05) is 37.3 Å². The Morgan fingerprint density at radius 3 is 2.52 bits per heavy atom. The van der Waals surface area contributed by atoms with Crippen molar-refractivity contribution >= 4 is 11.8 Å². The zero-order chi connectivity index (χ0) is 17.8. The Morgan fingerprint density at radius 1 is 1.16 bits per heavy atom. The number of carbonyl (C=O) groups is 2. The summed E-state index contributed by atoms with van der Waals surface area (Å²) in [6, 6.07) is 9.73. The Labute approximate surface area is 148 Å². The molecule has 1 heterocycles. The second-order valence-corrected chi connectivity index (χ2v) is 7.35. The second kappa shape index (κ2) is 7.85. The molecule has 1 saturated heterocycles. The summed E-state index contributed by atoms with van der Waals surface area (Å²) in [5.41, 5.74) is 0.920. The summed E-state index contributed by atoms with van der Waals surface area (Å²) in [4.78, 5) is 24.8. The van der Waals surface area contributed by atoms with Crippen LogP contribution in [0.25, 0.3) is 0 Å². The first-order valence-electron chi connectivity index (χ1n) is 9.28. The van der Waals surface area contributed by atoms with Crippen molar-refractivity contribution in [2.24, 2.45) is 11.8 Å². The molecule has 25 heavy (non-hydrogen) atoms. The number of hydrogen-bond donors (Lipinski definition) is 1. The van der Waals surface area contributed by atoms with Crippen LogP contribution in [0.4, 0.5) is 0 Å². The normalized spacial score (nSPS) is 24.9. The van der Waals surface area contributed by atoms with E-state index in [4.69, 9.17) is 4.74 Å². The first kappa shape index (κ1) is 17.7. The van der Waals surface area contributed by atoms with E-state index in [1.165, 1.54) is 19.3 Å². The van der Waals surface area contributed by atoms with Crippen molar-refractivity contribution in [3.63, 3.8) is 0 Å². The number of aliphatic hydroxyl groups is 1. The molecular weight excluding hydrogens is 316 g/mol. The van der Waals surface area contributed by atoms with Crippen molar-refractivity contribution in [3.8, 4) is 0 Å². The Kier molecular flexibility index (Phi) is 5.57. The van der Waals surface area contributed by atoms with Gasteiger partial charge in [-0.3, -0.25) is 4.79 Å². The molecule has 0 spiro atoms. The molecule has 2 unspecified atom stereocenters. The monoisotopic (exact) mass is 342 g/mol. The van der Waals surface area contributed by atoms with Crippen LogP contribution in [0, 0.1) is 11.8 Å². The molecule has 2 atom stereocenters. The minimum absolute atomic E-state index is 0.134. The topological polar surface area (TPSA) is 63.6 Å². The van der Waals surface area contributed by atoms with E-state index in [-0.39, 0.29) is 23.0 Å². The molecule has 1 aromatic carbocycles. The lowest BCUT2D eigenvalue weighted by Gasteiger charge is -2.22. The Morgan fingerprint density at radius 2 is 1.84 bits per heavy atom. The minimum atomic E-state index is -0.711. The van der Waals surface area contributed by atoms with Gasteiger partial charge >= 0.3 is 5.97 Å². The molecule has 0 aromatic heterocycles. The van der Waals surface area contributed by atoms with E-state index in [1.54, 1.807) is 0 Å². The zero-order valence-electron chi connectivity index (χ0n) is 14.7. The van der Waals surface area contributed by atoms with Gasteiger partial charge < -0.3 is 9.84 Å². The molecule has 4 nitrogen and oxygen atoms in total. The molecule has 1 saturated carbocycles. The molecule has 3 rings (SSSR count). The molecule has 1 aliphatic heterocycles. The quantitative estimate of drug-likeness (QED) is 0.378. The highest BCUT2D eigenvalue weighted by molar-refractivity contribution is 6.23. The minimum Gasteiger partial charge on any atom is -0.511 e. The van der Waals surface area contributed by atoms with Crippen LogP contribution in [0.5, 0.6) is 0 Å². The summed E-state index contributed by atoms with van der Waals surface area (Å²) < 4.78 is 5.30. The lowest BCUT2D eigenvalue weighted by molar-refractivity contribution is -0.141. The number of cyclic esters (lactones) is 1. The molecule has 1 aromatic rings. The number of aliphatic hydroxyl groups excluding tert-OH is 1. The SMILES string of the molecule is CC(Cc1ccccc1)C(O)=C1C(=O)OC(CC2CCCCC2)C1=O. The molecule has 0 bridgehead atoms. The fraction of sp³-hybridized carbons (Fsp3) is 0.524. The summed E-state index contributed by atoms with van der Waals surface area (Å²) in [5, 5.41) is 10.5. The van der Waals surface area contributed by atoms with E-state index in [0.29, 0.717) is 18.8 Å². The molecule has 2 fully saturated rings. The van der Waals surface area contributed by atoms with Crippen LogP contribution in [0.15, 0.2) is 41.7 Å². The molecular formula is C21H26O4. The Hall–Kier alpha value is -2.10. The standard InChI is InChI=1S/C21H26O4/c1-14(12-15-8-4-2-5-9-15)19(22)18-20(23)17(25-21(18)24)13-16-10-6-3-7-11-16/h2,4-5,8-9,14,16-17,22H,3,6-7,10-13H2,1H3. The fourth-order valence-corrected chi connectivity index (χ4v) is 3.93. The van der Waals surface area contributed by atoms with Crippen LogP contribution in [0.3, 0.4) is 0 Å². The van der Waals surface area contributed by atoms with Gasteiger partial charge in [-0.05, 0) is 24.3 Å².